The quantitative estimate of drug-likeness (QED) is 0.673. The van der Waals surface area contributed by atoms with Crippen LogP contribution in [0.25, 0.3) is 0 Å². The van der Waals surface area contributed by atoms with Crippen molar-refractivity contribution >= 4 is 11.8 Å². The highest BCUT2D eigenvalue weighted by Crippen LogP contribution is 2.29. The molecule has 1 fully saturated rings. The van der Waals surface area contributed by atoms with Gasteiger partial charge in [0.2, 0.25) is 0 Å². The zero-order valence-electron chi connectivity index (χ0n) is 12.0. The summed E-state index contributed by atoms with van der Waals surface area (Å²) in [6, 6.07) is 6.26. The van der Waals surface area contributed by atoms with Gasteiger partial charge in [0, 0.05) is 11.4 Å². The molecule has 0 saturated heterocycles. The fourth-order valence-corrected chi connectivity index (χ4v) is 4.02. The second-order valence-electron chi connectivity index (χ2n) is 5.67. The van der Waals surface area contributed by atoms with Gasteiger partial charge in [0.15, 0.2) is 0 Å². The van der Waals surface area contributed by atoms with Crippen LogP contribution in [0.5, 0.6) is 0 Å². The maximum atomic E-state index is 4.47. The zero-order chi connectivity index (χ0) is 13.2. The summed E-state index contributed by atoms with van der Waals surface area (Å²) in [6.45, 7) is 0. The Morgan fingerprint density at radius 1 is 0.789 bits per heavy atom. The minimum absolute atomic E-state index is 0.786. The predicted molar refractivity (Wildman–Crippen MR) is 84.7 cm³/mol. The number of pyridine rings is 1. The summed E-state index contributed by atoms with van der Waals surface area (Å²) in [4.78, 5) is 4.47. The standard InChI is InChI=1S/C17H27NS/c1-2-4-6-8-12-16(13-9-7-5-3-1)19-17-14-10-11-15-18-17/h10-11,14-16H,1-9,12-13H2. The van der Waals surface area contributed by atoms with E-state index in [0.29, 0.717) is 0 Å². The Labute approximate surface area is 122 Å². The molecule has 0 N–H and O–H groups in total. The lowest BCUT2D eigenvalue weighted by Gasteiger charge is -2.17. The molecule has 1 aliphatic carbocycles. The van der Waals surface area contributed by atoms with Gasteiger partial charge in [-0.3, -0.25) is 0 Å². The lowest BCUT2D eigenvalue weighted by Crippen LogP contribution is -2.04. The van der Waals surface area contributed by atoms with E-state index in [4.69, 9.17) is 0 Å². The van der Waals surface area contributed by atoms with Crippen molar-refractivity contribution in [1.29, 1.82) is 0 Å². The van der Waals surface area contributed by atoms with Crippen LogP contribution in [-0.2, 0) is 0 Å². The Bertz CT molecular complexity index is 313. The summed E-state index contributed by atoms with van der Waals surface area (Å²) >= 11 is 2.00. The molecule has 0 amide bonds. The third kappa shape index (κ3) is 6.47. The van der Waals surface area contributed by atoms with Gasteiger partial charge in [-0.05, 0) is 25.0 Å². The molecule has 0 bridgehead atoms. The van der Waals surface area contributed by atoms with Gasteiger partial charge in [-0.25, -0.2) is 4.98 Å². The molecule has 1 aromatic rings. The van der Waals surface area contributed by atoms with Gasteiger partial charge in [0.1, 0.15) is 0 Å². The molecule has 0 radical (unpaired) electrons. The first-order chi connectivity index (χ1) is 9.45. The SMILES string of the molecule is c1ccc(SC2CCCCCCCCCCC2)nc1. The van der Waals surface area contributed by atoms with E-state index in [-0.39, 0.29) is 0 Å². The zero-order valence-corrected chi connectivity index (χ0v) is 12.8. The van der Waals surface area contributed by atoms with Gasteiger partial charge in [-0.1, -0.05) is 63.9 Å². The van der Waals surface area contributed by atoms with Gasteiger partial charge >= 0.3 is 0 Å². The summed E-state index contributed by atoms with van der Waals surface area (Å²) in [5, 5.41) is 1.99. The van der Waals surface area contributed by atoms with Crippen LogP contribution in [0.2, 0.25) is 0 Å². The van der Waals surface area contributed by atoms with E-state index in [2.05, 4.69) is 17.1 Å². The van der Waals surface area contributed by atoms with Crippen LogP contribution in [-0.4, -0.2) is 10.2 Å². The van der Waals surface area contributed by atoms with Crippen molar-refractivity contribution in [3.63, 3.8) is 0 Å². The maximum absolute atomic E-state index is 4.47. The monoisotopic (exact) mass is 277 g/mol. The Morgan fingerprint density at radius 2 is 1.37 bits per heavy atom. The molecule has 1 heterocycles. The average molecular weight is 277 g/mol. The predicted octanol–water partition coefficient (Wildman–Crippen LogP) is 5.85. The third-order valence-corrected chi connectivity index (χ3v) is 5.27. The molecule has 0 spiro atoms. The largest absolute Gasteiger partial charge is 0.250 e. The van der Waals surface area contributed by atoms with E-state index in [1.807, 2.05) is 24.0 Å². The first-order valence-electron chi connectivity index (χ1n) is 8.03. The molecule has 1 aliphatic rings. The van der Waals surface area contributed by atoms with Crippen LogP contribution in [0.15, 0.2) is 29.4 Å². The lowest BCUT2D eigenvalue weighted by molar-refractivity contribution is 0.510. The number of nitrogens with zero attached hydrogens (tertiary/aromatic N) is 1. The molecule has 0 aromatic carbocycles. The van der Waals surface area contributed by atoms with E-state index in [9.17, 15) is 0 Å². The van der Waals surface area contributed by atoms with E-state index in [1.54, 1.807) is 0 Å². The molecule has 0 atom stereocenters. The molecule has 2 heteroatoms. The molecular weight excluding hydrogens is 250 g/mol. The molecule has 1 nitrogen and oxygen atoms in total. The summed E-state index contributed by atoms with van der Waals surface area (Å²) in [5.41, 5.74) is 0. The summed E-state index contributed by atoms with van der Waals surface area (Å²) in [6.07, 6.45) is 17.6. The fraction of sp³-hybridized carbons (Fsp3) is 0.706. The molecule has 1 aromatic heterocycles. The number of aromatic nitrogens is 1. The summed E-state index contributed by atoms with van der Waals surface area (Å²) < 4.78 is 0. The van der Waals surface area contributed by atoms with Crippen molar-refractivity contribution in [3.05, 3.63) is 24.4 Å². The molecule has 19 heavy (non-hydrogen) atoms. The minimum atomic E-state index is 0.786. The van der Waals surface area contributed by atoms with Crippen molar-refractivity contribution < 1.29 is 0 Å². The Hall–Kier alpha value is -0.500. The topological polar surface area (TPSA) is 12.9 Å². The van der Waals surface area contributed by atoms with Crippen LogP contribution in [0.4, 0.5) is 0 Å². The normalized spacial score (nSPS) is 20.4. The van der Waals surface area contributed by atoms with E-state index in [0.717, 1.165) is 5.25 Å². The van der Waals surface area contributed by atoms with Crippen LogP contribution in [0, 0.1) is 0 Å². The number of rotatable bonds is 2. The highest BCUT2D eigenvalue weighted by Gasteiger charge is 2.11. The van der Waals surface area contributed by atoms with Gasteiger partial charge < -0.3 is 0 Å². The van der Waals surface area contributed by atoms with Gasteiger partial charge in [-0.2, -0.15) is 0 Å². The van der Waals surface area contributed by atoms with Crippen molar-refractivity contribution in [2.45, 2.75) is 80.9 Å². The molecule has 0 aliphatic heterocycles. The molecule has 106 valence electrons. The van der Waals surface area contributed by atoms with Gasteiger partial charge in [0.25, 0.3) is 0 Å². The summed E-state index contributed by atoms with van der Waals surface area (Å²) in [7, 11) is 0. The average Bonchev–Trinajstić information content (AvgIpc) is 2.43. The Kier molecular flexibility index (Phi) is 7.38. The van der Waals surface area contributed by atoms with Crippen molar-refractivity contribution in [2.24, 2.45) is 0 Å². The Balaban J connectivity index is 1.81. The smallest absolute Gasteiger partial charge is 0.0962 e. The van der Waals surface area contributed by atoms with Crippen LogP contribution < -0.4 is 0 Å². The lowest BCUT2D eigenvalue weighted by atomic mass is 10.0. The second-order valence-corrected chi connectivity index (χ2v) is 6.99. The molecular formula is C17H27NS. The molecule has 0 unspecified atom stereocenters. The second kappa shape index (κ2) is 9.41. The van der Waals surface area contributed by atoms with Crippen LogP contribution >= 0.6 is 11.8 Å². The fourth-order valence-electron chi connectivity index (χ4n) is 2.83. The first-order valence-corrected chi connectivity index (χ1v) is 8.91. The highest BCUT2D eigenvalue weighted by atomic mass is 32.2. The molecule has 1 saturated carbocycles. The van der Waals surface area contributed by atoms with Crippen LogP contribution in [0.3, 0.4) is 0 Å². The van der Waals surface area contributed by atoms with E-state index in [1.165, 1.54) is 75.7 Å². The van der Waals surface area contributed by atoms with E-state index >= 15 is 0 Å². The van der Waals surface area contributed by atoms with E-state index < -0.39 is 0 Å². The summed E-state index contributed by atoms with van der Waals surface area (Å²) in [5.74, 6) is 0. The Morgan fingerprint density at radius 3 is 1.89 bits per heavy atom. The highest BCUT2D eigenvalue weighted by molar-refractivity contribution is 7.99. The number of hydrogen-bond acceptors (Lipinski definition) is 2. The van der Waals surface area contributed by atoms with Crippen molar-refractivity contribution in [3.8, 4) is 0 Å². The van der Waals surface area contributed by atoms with Gasteiger partial charge in [0.05, 0.1) is 5.03 Å². The third-order valence-electron chi connectivity index (χ3n) is 3.98. The van der Waals surface area contributed by atoms with Crippen LogP contribution in [0.1, 0.15) is 70.6 Å². The van der Waals surface area contributed by atoms with Gasteiger partial charge in [-0.15, -0.1) is 11.8 Å². The number of thioether (sulfide) groups is 1. The van der Waals surface area contributed by atoms with Crippen molar-refractivity contribution in [1.82, 2.24) is 4.98 Å². The number of hydrogen-bond donors (Lipinski definition) is 0. The first kappa shape index (κ1) is 14.9. The van der Waals surface area contributed by atoms with Crippen molar-refractivity contribution in [2.75, 3.05) is 0 Å². The molecule has 2 rings (SSSR count). The maximum Gasteiger partial charge on any atom is 0.0962 e. The minimum Gasteiger partial charge on any atom is -0.250 e.